The number of carbonyl (C=O) groups excluding carboxylic acids is 1. The van der Waals surface area contributed by atoms with Crippen LogP contribution in [-0.2, 0) is 6.54 Å². The molecule has 1 N–H and O–H groups in total. The van der Waals surface area contributed by atoms with Crippen molar-refractivity contribution in [3.63, 3.8) is 0 Å². The van der Waals surface area contributed by atoms with Crippen molar-refractivity contribution in [1.29, 1.82) is 0 Å². The van der Waals surface area contributed by atoms with E-state index in [1.54, 1.807) is 4.90 Å². The van der Waals surface area contributed by atoms with E-state index >= 15 is 0 Å². The first-order valence-electron chi connectivity index (χ1n) is 7.69. The minimum Gasteiger partial charge on any atom is -0.324 e. The van der Waals surface area contributed by atoms with Crippen molar-refractivity contribution >= 4 is 34.7 Å². The third-order valence-corrected chi connectivity index (χ3v) is 4.86. The highest BCUT2D eigenvalue weighted by Gasteiger charge is 2.13. The fraction of sp³-hybridized carbons (Fsp3) is 0.167. The molecule has 0 fully saturated rings. The SMILES string of the molecule is CCN(Cc1ccc(Cl)s1)C(=O)Nc1cccc(-n2cccc2)c1. The Hall–Kier alpha value is -2.24. The third-order valence-electron chi connectivity index (χ3n) is 3.64. The van der Waals surface area contributed by atoms with Gasteiger partial charge in [0.05, 0.1) is 10.9 Å². The summed E-state index contributed by atoms with van der Waals surface area (Å²) < 4.78 is 2.74. The van der Waals surface area contributed by atoms with Gasteiger partial charge in [0.1, 0.15) is 0 Å². The average Bonchev–Trinajstić information content (AvgIpc) is 3.24. The molecule has 6 heteroatoms. The van der Waals surface area contributed by atoms with E-state index in [0.717, 1.165) is 20.6 Å². The molecule has 3 aromatic rings. The first kappa shape index (κ1) is 16.6. The number of halogens is 1. The molecule has 2 aromatic heterocycles. The second kappa shape index (κ2) is 7.55. The van der Waals surface area contributed by atoms with E-state index in [2.05, 4.69) is 5.32 Å². The third kappa shape index (κ3) is 3.99. The zero-order chi connectivity index (χ0) is 16.9. The van der Waals surface area contributed by atoms with E-state index in [1.165, 1.54) is 11.3 Å². The lowest BCUT2D eigenvalue weighted by Gasteiger charge is -2.21. The number of aromatic nitrogens is 1. The summed E-state index contributed by atoms with van der Waals surface area (Å²) >= 11 is 7.46. The second-order valence-corrected chi connectivity index (χ2v) is 7.09. The van der Waals surface area contributed by atoms with Gasteiger partial charge in [-0.2, -0.15) is 0 Å². The van der Waals surface area contributed by atoms with Gasteiger partial charge in [-0.15, -0.1) is 11.3 Å². The Morgan fingerprint density at radius 3 is 2.67 bits per heavy atom. The highest BCUT2D eigenvalue weighted by molar-refractivity contribution is 7.16. The molecule has 0 bridgehead atoms. The lowest BCUT2D eigenvalue weighted by Crippen LogP contribution is -2.34. The Morgan fingerprint density at radius 2 is 2.00 bits per heavy atom. The summed E-state index contributed by atoms with van der Waals surface area (Å²) in [4.78, 5) is 15.4. The summed E-state index contributed by atoms with van der Waals surface area (Å²) in [6.45, 7) is 3.14. The number of hydrogen-bond acceptors (Lipinski definition) is 2. The topological polar surface area (TPSA) is 37.3 Å². The lowest BCUT2D eigenvalue weighted by molar-refractivity contribution is 0.212. The largest absolute Gasteiger partial charge is 0.324 e. The second-order valence-electron chi connectivity index (χ2n) is 5.29. The van der Waals surface area contributed by atoms with Crippen LogP contribution in [-0.4, -0.2) is 22.0 Å². The molecular formula is C18H18ClN3OS. The van der Waals surface area contributed by atoms with Gasteiger partial charge in [0.2, 0.25) is 0 Å². The molecule has 2 amide bonds. The standard InChI is InChI=1S/C18H18ClN3OS/c1-2-21(13-16-8-9-17(19)24-16)18(23)20-14-6-5-7-15(12-14)22-10-3-4-11-22/h3-12H,2,13H2,1H3,(H,20,23). The van der Waals surface area contributed by atoms with Crippen molar-refractivity contribution in [1.82, 2.24) is 9.47 Å². The molecule has 0 aliphatic carbocycles. The predicted octanol–water partition coefficient (Wildman–Crippen LogP) is 5.25. The fourth-order valence-corrected chi connectivity index (χ4v) is 3.51. The van der Waals surface area contributed by atoms with Gasteiger partial charge < -0.3 is 14.8 Å². The number of hydrogen-bond donors (Lipinski definition) is 1. The summed E-state index contributed by atoms with van der Waals surface area (Å²) in [5, 5.41) is 2.97. The minimum atomic E-state index is -0.119. The highest BCUT2D eigenvalue weighted by atomic mass is 35.5. The maximum atomic E-state index is 12.5. The Kier molecular flexibility index (Phi) is 5.23. The van der Waals surface area contributed by atoms with Crippen LogP contribution in [0.25, 0.3) is 5.69 Å². The van der Waals surface area contributed by atoms with Crippen LogP contribution in [0.5, 0.6) is 0 Å². The van der Waals surface area contributed by atoms with Gasteiger partial charge in [0, 0.05) is 35.2 Å². The van der Waals surface area contributed by atoms with E-state index < -0.39 is 0 Å². The molecule has 1 aromatic carbocycles. The van der Waals surface area contributed by atoms with Crippen LogP contribution in [0.1, 0.15) is 11.8 Å². The number of urea groups is 1. The summed E-state index contributed by atoms with van der Waals surface area (Å²) in [6, 6.07) is 15.4. The van der Waals surface area contributed by atoms with E-state index in [4.69, 9.17) is 11.6 Å². The number of carbonyl (C=O) groups is 1. The Bertz CT molecular complexity index is 813. The Morgan fingerprint density at radius 1 is 1.21 bits per heavy atom. The van der Waals surface area contributed by atoms with Crippen LogP contribution in [0.15, 0.2) is 60.9 Å². The Labute approximate surface area is 150 Å². The zero-order valence-corrected chi connectivity index (χ0v) is 14.8. The van der Waals surface area contributed by atoms with Crippen LogP contribution < -0.4 is 5.32 Å². The molecule has 2 heterocycles. The molecule has 0 unspecified atom stereocenters. The maximum Gasteiger partial charge on any atom is 0.322 e. The smallest absolute Gasteiger partial charge is 0.322 e. The van der Waals surface area contributed by atoms with Crippen LogP contribution in [0.4, 0.5) is 10.5 Å². The van der Waals surface area contributed by atoms with Gasteiger partial charge in [-0.25, -0.2) is 4.79 Å². The molecule has 0 aliphatic heterocycles. The van der Waals surface area contributed by atoms with Gasteiger partial charge >= 0.3 is 6.03 Å². The van der Waals surface area contributed by atoms with E-state index in [-0.39, 0.29) is 6.03 Å². The maximum absolute atomic E-state index is 12.5. The van der Waals surface area contributed by atoms with Crippen molar-refractivity contribution in [3.8, 4) is 5.69 Å². The number of benzene rings is 1. The van der Waals surface area contributed by atoms with Crippen LogP contribution >= 0.6 is 22.9 Å². The van der Waals surface area contributed by atoms with E-state index in [9.17, 15) is 4.79 Å². The quantitative estimate of drug-likeness (QED) is 0.664. The molecule has 3 rings (SSSR count). The number of thiophene rings is 1. The van der Waals surface area contributed by atoms with E-state index in [0.29, 0.717) is 13.1 Å². The molecular weight excluding hydrogens is 342 g/mol. The summed E-state index contributed by atoms with van der Waals surface area (Å²) in [5.74, 6) is 0. The van der Waals surface area contributed by atoms with Crippen LogP contribution in [0.2, 0.25) is 4.34 Å². The van der Waals surface area contributed by atoms with Crippen LogP contribution in [0, 0.1) is 0 Å². The van der Waals surface area contributed by atoms with Crippen molar-refractivity contribution in [3.05, 3.63) is 70.1 Å². The molecule has 0 atom stereocenters. The van der Waals surface area contributed by atoms with Crippen LogP contribution in [0.3, 0.4) is 0 Å². The summed E-state index contributed by atoms with van der Waals surface area (Å²) in [6.07, 6.45) is 3.94. The van der Waals surface area contributed by atoms with Gasteiger partial charge in [-0.1, -0.05) is 17.7 Å². The predicted molar refractivity (Wildman–Crippen MR) is 100 cm³/mol. The molecule has 0 aliphatic rings. The molecule has 0 radical (unpaired) electrons. The first-order valence-corrected chi connectivity index (χ1v) is 8.88. The molecule has 4 nitrogen and oxygen atoms in total. The normalized spacial score (nSPS) is 10.6. The van der Waals surface area contributed by atoms with Crippen molar-refractivity contribution < 1.29 is 4.79 Å². The number of anilines is 1. The average molecular weight is 360 g/mol. The van der Waals surface area contributed by atoms with Gasteiger partial charge in [0.25, 0.3) is 0 Å². The fourth-order valence-electron chi connectivity index (χ4n) is 2.41. The summed E-state index contributed by atoms with van der Waals surface area (Å²) in [5.41, 5.74) is 1.78. The first-order chi connectivity index (χ1) is 11.7. The molecule has 0 saturated heterocycles. The minimum absolute atomic E-state index is 0.119. The van der Waals surface area contributed by atoms with E-state index in [1.807, 2.05) is 72.4 Å². The zero-order valence-electron chi connectivity index (χ0n) is 13.3. The molecule has 0 spiro atoms. The van der Waals surface area contributed by atoms with Gasteiger partial charge in [-0.05, 0) is 49.4 Å². The molecule has 124 valence electrons. The van der Waals surface area contributed by atoms with Crippen molar-refractivity contribution in [2.24, 2.45) is 0 Å². The number of nitrogens with zero attached hydrogens (tertiary/aromatic N) is 2. The van der Waals surface area contributed by atoms with Gasteiger partial charge in [0.15, 0.2) is 0 Å². The Balaban J connectivity index is 1.70. The van der Waals surface area contributed by atoms with Crippen molar-refractivity contribution in [2.45, 2.75) is 13.5 Å². The monoisotopic (exact) mass is 359 g/mol. The summed E-state index contributed by atoms with van der Waals surface area (Å²) in [7, 11) is 0. The molecule has 24 heavy (non-hydrogen) atoms. The highest BCUT2D eigenvalue weighted by Crippen LogP contribution is 2.23. The van der Waals surface area contributed by atoms with Gasteiger partial charge in [-0.3, -0.25) is 0 Å². The lowest BCUT2D eigenvalue weighted by atomic mass is 10.2. The van der Waals surface area contributed by atoms with Crippen molar-refractivity contribution in [2.75, 3.05) is 11.9 Å². The molecule has 0 saturated carbocycles. The number of nitrogens with one attached hydrogen (secondary N) is 1. The number of rotatable bonds is 5. The number of amides is 2.